The fourth-order valence-corrected chi connectivity index (χ4v) is 3.27. The molecule has 1 aliphatic rings. The largest absolute Gasteiger partial charge is 0.0827 e. The van der Waals surface area contributed by atoms with E-state index >= 15 is 0 Å². The molecule has 0 spiro atoms. The average molecular weight is 271 g/mol. The lowest BCUT2D eigenvalue weighted by Gasteiger charge is -2.06. The topological polar surface area (TPSA) is 0 Å². The third-order valence-corrected chi connectivity index (χ3v) is 4.33. The Kier molecular flexibility index (Phi) is 2.03. The lowest BCUT2D eigenvalue weighted by atomic mass is 10.0. The summed E-state index contributed by atoms with van der Waals surface area (Å²) in [6.07, 6.45) is 0. The predicted molar refractivity (Wildman–Crippen MR) is 78.4 cm³/mol. The van der Waals surface area contributed by atoms with Crippen molar-refractivity contribution in [3.8, 4) is 22.3 Å². The zero-order valence-corrected chi connectivity index (χ0v) is 10.9. The SMILES string of the molecule is Clc1cc2cccc3c2c(c1Cl)-c1ccccc1-3. The van der Waals surface area contributed by atoms with Crippen LogP contribution in [0.4, 0.5) is 0 Å². The number of benzene rings is 3. The molecule has 0 aromatic heterocycles. The van der Waals surface area contributed by atoms with Crippen molar-refractivity contribution in [2.24, 2.45) is 0 Å². The van der Waals surface area contributed by atoms with E-state index in [0.717, 1.165) is 10.9 Å². The van der Waals surface area contributed by atoms with Gasteiger partial charge in [-0.2, -0.15) is 0 Å². The van der Waals surface area contributed by atoms with Crippen molar-refractivity contribution in [2.45, 2.75) is 0 Å². The highest BCUT2D eigenvalue weighted by Gasteiger charge is 2.24. The first-order valence-electron chi connectivity index (χ1n) is 5.78. The molecule has 0 nitrogen and oxygen atoms in total. The first kappa shape index (κ1) is 10.4. The molecular formula is C16H8Cl2. The van der Waals surface area contributed by atoms with Crippen molar-refractivity contribution in [1.82, 2.24) is 0 Å². The molecule has 0 fully saturated rings. The average Bonchev–Trinajstić information content (AvgIpc) is 2.73. The molecule has 0 N–H and O–H groups in total. The summed E-state index contributed by atoms with van der Waals surface area (Å²) in [6, 6.07) is 16.6. The van der Waals surface area contributed by atoms with E-state index in [0.29, 0.717) is 10.0 Å². The first-order valence-corrected chi connectivity index (χ1v) is 6.53. The number of fused-ring (bicyclic) bond motifs is 3. The van der Waals surface area contributed by atoms with Crippen LogP contribution in [0, 0.1) is 0 Å². The molecule has 4 rings (SSSR count). The molecule has 86 valence electrons. The van der Waals surface area contributed by atoms with E-state index in [1.807, 2.05) is 12.1 Å². The Morgan fingerprint density at radius 2 is 1.44 bits per heavy atom. The number of hydrogen-bond donors (Lipinski definition) is 0. The molecule has 0 aliphatic heterocycles. The van der Waals surface area contributed by atoms with E-state index in [9.17, 15) is 0 Å². The van der Waals surface area contributed by atoms with Gasteiger partial charge in [-0.3, -0.25) is 0 Å². The van der Waals surface area contributed by atoms with Gasteiger partial charge in [0, 0.05) is 5.56 Å². The van der Waals surface area contributed by atoms with Gasteiger partial charge in [0.05, 0.1) is 10.0 Å². The van der Waals surface area contributed by atoms with Crippen LogP contribution < -0.4 is 0 Å². The maximum absolute atomic E-state index is 6.40. The molecule has 0 saturated heterocycles. The summed E-state index contributed by atoms with van der Waals surface area (Å²) in [7, 11) is 0. The molecule has 0 bridgehead atoms. The molecule has 2 heteroatoms. The van der Waals surface area contributed by atoms with Gasteiger partial charge in [0.1, 0.15) is 0 Å². The van der Waals surface area contributed by atoms with Crippen LogP contribution in [-0.2, 0) is 0 Å². The molecule has 0 unspecified atom stereocenters. The normalized spacial score (nSPS) is 11.9. The van der Waals surface area contributed by atoms with Crippen LogP contribution in [-0.4, -0.2) is 0 Å². The van der Waals surface area contributed by atoms with E-state index < -0.39 is 0 Å². The van der Waals surface area contributed by atoms with Crippen LogP contribution in [0.1, 0.15) is 0 Å². The highest BCUT2D eigenvalue weighted by Crippen LogP contribution is 2.51. The van der Waals surface area contributed by atoms with Gasteiger partial charge < -0.3 is 0 Å². The Hall–Kier alpha value is -1.50. The van der Waals surface area contributed by atoms with E-state index in [-0.39, 0.29) is 0 Å². The van der Waals surface area contributed by atoms with Crippen LogP contribution in [0.5, 0.6) is 0 Å². The Labute approximate surface area is 115 Å². The summed E-state index contributed by atoms with van der Waals surface area (Å²) in [6.45, 7) is 0. The van der Waals surface area contributed by atoms with E-state index in [2.05, 4.69) is 36.4 Å². The summed E-state index contributed by atoms with van der Waals surface area (Å²) >= 11 is 12.6. The van der Waals surface area contributed by atoms with Crippen molar-refractivity contribution < 1.29 is 0 Å². The Balaban J connectivity index is 2.33. The van der Waals surface area contributed by atoms with Crippen LogP contribution >= 0.6 is 23.2 Å². The van der Waals surface area contributed by atoms with Gasteiger partial charge in [-0.25, -0.2) is 0 Å². The van der Waals surface area contributed by atoms with Gasteiger partial charge in [0.15, 0.2) is 0 Å². The summed E-state index contributed by atoms with van der Waals surface area (Å²) < 4.78 is 0. The molecule has 0 atom stereocenters. The predicted octanol–water partition coefficient (Wildman–Crippen LogP) is 5.79. The van der Waals surface area contributed by atoms with Crippen LogP contribution in [0.15, 0.2) is 48.5 Å². The molecule has 3 aromatic rings. The van der Waals surface area contributed by atoms with Crippen molar-refractivity contribution >= 4 is 34.0 Å². The second-order valence-corrected chi connectivity index (χ2v) is 5.28. The molecule has 0 radical (unpaired) electrons. The number of rotatable bonds is 0. The van der Waals surface area contributed by atoms with Crippen molar-refractivity contribution in [2.75, 3.05) is 0 Å². The van der Waals surface area contributed by atoms with Crippen LogP contribution in [0.25, 0.3) is 33.0 Å². The second-order valence-electron chi connectivity index (χ2n) is 4.50. The van der Waals surface area contributed by atoms with E-state index in [1.54, 1.807) is 0 Å². The van der Waals surface area contributed by atoms with Gasteiger partial charge in [0.2, 0.25) is 0 Å². The minimum Gasteiger partial charge on any atom is -0.0827 e. The van der Waals surface area contributed by atoms with E-state index in [1.165, 1.54) is 22.1 Å². The standard InChI is InChI=1S/C16H8Cl2/c17-13-8-9-4-3-7-11-10-5-1-2-6-12(10)15(14(9)11)16(13)18/h1-8H. The van der Waals surface area contributed by atoms with Gasteiger partial charge in [0.25, 0.3) is 0 Å². The molecule has 18 heavy (non-hydrogen) atoms. The quantitative estimate of drug-likeness (QED) is 0.379. The second kappa shape index (κ2) is 3.50. The molecule has 3 aromatic carbocycles. The molecule has 0 saturated carbocycles. The number of hydrogen-bond acceptors (Lipinski definition) is 0. The van der Waals surface area contributed by atoms with Crippen molar-refractivity contribution in [1.29, 1.82) is 0 Å². The van der Waals surface area contributed by atoms with Gasteiger partial charge in [-0.1, -0.05) is 65.7 Å². The molecule has 0 amide bonds. The Morgan fingerprint density at radius 3 is 2.28 bits per heavy atom. The van der Waals surface area contributed by atoms with Gasteiger partial charge >= 0.3 is 0 Å². The lowest BCUT2D eigenvalue weighted by molar-refractivity contribution is 1.69. The minimum atomic E-state index is 0.619. The minimum absolute atomic E-state index is 0.619. The fourth-order valence-electron chi connectivity index (χ4n) is 2.81. The monoisotopic (exact) mass is 270 g/mol. The lowest BCUT2D eigenvalue weighted by Crippen LogP contribution is -1.79. The van der Waals surface area contributed by atoms with Gasteiger partial charge in [-0.15, -0.1) is 0 Å². The van der Waals surface area contributed by atoms with Crippen molar-refractivity contribution in [3.05, 3.63) is 58.6 Å². The fraction of sp³-hybridized carbons (Fsp3) is 0. The zero-order chi connectivity index (χ0) is 12.3. The maximum atomic E-state index is 6.40. The van der Waals surface area contributed by atoms with Crippen molar-refractivity contribution in [3.63, 3.8) is 0 Å². The Morgan fingerprint density at radius 1 is 0.722 bits per heavy atom. The molecule has 1 aliphatic carbocycles. The molecule has 0 heterocycles. The summed E-state index contributed by atoms with van der Waals surface area (Å²) in [4.78, 5) is 0. The molecular weight excluding hydrogens is 263 g/mol. The number of halogens is 2. The van der Waals surface area contributed by atoms with Gasteiger partial charge in [-0.05, 0) is 33.5 Å². The maximum Gasteiger partial charge on any atom is 0.0677 e. The third-order valence-electron chi connectivity index (χ3n) is 3.54. The van der Waals surface area contributed by atoms with Crippen LogP contribution in [0.2, 0.25) is 10.0 Å². The Bertz CT molecular complexity index is 804. The summed E-state index contributed by atoms with van der Waals surface area (Å²) in [5.74, 6) is 0. The summed E-state index contributed by atoms with van der Waals surface area (Å²) in [5, 5.41) is 3.63. The highest BCUT2D eigenvalue weighted by molar-refractivity contribution is 6.46. The smallest absolute Gasteiger partial charge is 0.0677 e. The third kappa shape index (κ3) is 1.17. The highest BCUT2D eigenvalue weighted by atomic mass is 35.5. The first-order chi connectivity index (χ1) is 8.77. The van der Waals surface area contributed by atoms with E-state index in [4.69, 9.17) is 23.2 Å². The summed E-state index contributed by atoms with van der Waals surface area (Å²) in [5.41, 5.74) is 4.74. The van der Waals surface area contributed by atoms with Crippen LogP contribution in [0.3, 0.4) is 0 Å². The zero-order valence-electron chi connectivity index (χ0n) is 9.37.